The van der Waals surface area contributed by atoms with Gasteiger partial charge in [-0.05, 0) is 24.3 Å². The lowest BCUT2D eigenvalue weighted by Gasteiger charge is -2.04. The van der Waals surface area contributed by atoms with Crippen LogP contribution in [0.3, 0.4) is 0 Å². The Morgan fingerprint density at radius 3 is 2.74 bits per heavy atom. The molecule has 1 aromatic carbocycles. The maximum Gasteiger partial charge on any atom is 0.342 e. The van der Waals surface area contributed by atoms with Crippen molar-refractivity contribution in [3.05, 3.63) is 58.0 Å². The lowest BCUT2D eigenvalue weighted by Crippen LogP contribution is -2.03. The highest BCUT2D eigenvalue weighted by molar-refractivity contribution is 7.98. The normalized spacial score (nSPS) is 10.3. The second kappa shape index (κ2) is 5.57. The molecule has 0 aliphatic rings. The number of para-hydroxylation sites is 1. The quantitative estimate of drug-likeness (QED) is 0.513. The molecular weight excluding hydrogens is 270 g/mol. The van der Waals surface area contributed by atoms with Crippen LogP contribution in [0.1, 0.15) is 16.1 Å². The van der Waals surface area contributed by atoms with E-state index in [9.17, 15) is 14.9 Å². The topological polar surface area (TPSA) is 93.6 Å². The first-order chi connectivity index (χ1) is 9.09. The fourth-order valence-electron chi connectivity index (χ4n) is 1.54. The van der Waals surface area contributed by atoms with Crippen molar-refractivity contribution in [3.63, 3.8) is 0 Å². The third-order valence-corrected chi connectivity index (χ3v) is 3.43. The van der Waals surface area contributed by atoms with Crippen LogP contribution in [-0.4, -0.2) is 16.0 Å². The first-order valence-electron chi connectivity index (χ1n) is 5.25. The Balaban J connectivity index is 2.31. The number of benzene rings is 1. The molecule has 6 nitrogen and oxygen atoms in total. The van der Waals surface area contributed by atoms with Gasteiger partial charge in [-0.1, -0.05) is 6.07 Å². The molecule has 0 bridgehead atoms. The van der Waals surface area contributed by atoms with Crippen molar-refractivity contribution >= 4 is 23.4 Å². The number of nitro benzene ring substituents is 1. The molecule has 19 heavy (non-hydrogen) atoms. The number of hydrogen-bond acceptors (Lipinski definition) is 5. The number of hydrogen-bond donors (Lipinski definition) is 1. The molecule has 0 radical (unpaired) electrons. The maximum atomic E-state index is 11.0. The van der Waals surface area contributed by atoms with Gasteiger partial charge in [-0.3, -0.25) is 10.1 Å². The second-order valence-electron chi connectivity index (χ2n) is 3.58. The molecular formula is C12H9NO5S. The number of rotatable bonds is 5. The molecule has 1 aromatic heterocycles. The molecule has 0 saturated carbocycles. The Morgan fingerprint density at radius 2 is 2.16 bits per heavy atom. The lowest BCUT2D eigenvalue weighted by molar-refractivity contribution is -0.388. The summed E-state index contributed by atoms with van der Waals surface area (Å²) < 4.78 is 5.13. The smallest absolute Gasteiger partial charge is 0.342 e. The fourth-order valence-corrected chi connectivity index (χ4v) is 2.50. The van der Waals surface area contributed by atoms with E-state index in [1.54, 1.807) is 12.1 Å². The van der Waals surface area contributed by atoms with Gasteiger partial charge in [0.25, 0.3) is 5.69 Å². The molecule has 0 amide bonds. The molecule has 1 N–H and O–H groups in total. The van der Waals surface area contributed by atoms with Crippen LogP contribution in [0.5, 0.6) is 0 Å². The average molecular weight is 279 g/mol. The van der Waals surface area contributed by atoms with E-state index in [-0.39, 0.29) is 11.3 Å². The first-order valence-corrected chi connectivity index (χ1v) is 6.24. The van der Waals surface area contributed by atoms with Crippen molar-refractivity contribution in [1.29, 1.82) is 0 Å². The monoisotopic (exact) mass is 279 g/mol. The van der Waals surface area contributed by atoms with E-state index >= 15 is 0 Å². The van der Waals surface area contributed by atoms with Crippen molar-refractivity contribution in [2.24, 2.45) is 0 Å². The zero-order valence-corrected chi connectivity index (χ0v) is 10.4. The van der Waals surface area contributed by atoms with Gasteiger partial charge in [0.05, 0.1) is 21.8 Å². The Labute approximate surface area is 112 Å². The van der Waals surface area contributed by atoms with Gasteiger partial charge in [0.1, 0.15) is 11.3 Å². The fraction of sp³-hybridized carbons (Fsp3) is 0.0833. The first kappa shape index (κ1) is 13.2. The zero-order chi connectivity index (χ0) is 13.8. The highest BCUT2D eigenvalue weighted by Gasteiger charge is 2.24. The summed E-state index contributed by atoms with van der Waals surface area (Å²) in [5.41, 5.74) is -0.694. The van der Waals surface area contributed by atoms with Gasteiger partial charge in [0.2, 0.25) is 0 Å². The molecule has 1 heterocycles. The van der Waals surface area contributed by atoms with E-state index in [0.717, 1.165) is 0 Å². The molecule has 0 saturated heterocycles. The Morgan fingerprint density at radius 1 is 1.37 bits per heavy atom. The van der Waals surface area contributed by atoms with E-state index in [0.29, 0.717) is 16.4 Å². The van der Waals surface area contributed by atoms with E-state index in [4.69, 9.17) is 9.52 Å². The van der Waals surface area contributed by atoms with Crippen LogP contribution in [0.2, 0.25) is 0 Å². The van der Waals surface area contributed by atoms with Gasteiger partial charge in [0, 0.05) is 0 Å². The summed E-state index contributed by atoms with van der Waals surface area (Å²) in [5, 5.41) is 20.0. The minimum absolute atomic E-state index is 0.307. The highest BCUT2D eigenvalue weighted by Crippen LogP contribution is 2.34. The van der Waals surface area contributed by atoms with Gasteiger partial charge >= 0.3 is 5.97 Å². The van der Waals surface area contributed by atoms with Crippen LogP contribution in [0.25, 0.3) is 0 Å². The van der Waals surface area contributed by atoms with Crippen LogP contribution in [-0.2, 0) is 5.75 Å². The average Bonchev–Trinajstić information content (AvgIpc) is 2.88. The number of carboxylic acids is 1. The summed E-state index contributed by atoms with van der Waals surface area (Å²) in [4.78, 5) is 21.6. The van der Waals surface area contributed by atoms with Crippen LogP contribution < -0.4 is 0 Å². The highest BCUT2D eigenvalue weighted by atomic mass is 32.2. The molecule has 2 rings (SSSR count). The maximum absolute atomic E-state index is 11.0. The Hall–Kier alpha value is -2.28. The molecule has 2 aromatic rings. The second-order valence-corrected chi connectivity index (χ2v) is 4.60. The third-order valence-electron chi connectivity index (χ3n) is 2.36. The summed E-state index contributed by atoms with van der Waals surface area (Å²) in [6.07, 6.45) is 1.51. The van der Waals surface area contributed by atoms with Crippen molar-refractivity contribution < 1.29 is 19.2 Å². The predicted molar refractivity (Wildman–Crippen MR) is 68.3 cm³/mol. The van der Waals surface area contributed by atoms with E-state index in [2.05, 4.69) is 0 Å². The van der Waals surface area contributed by atoms with E-state index < -0.39 is 10.9 Å². The molecule has 0 aliphatic heterocycles. The van der Waals surface area contributed by atoms with Crippen LogP contribution in [0, 0.1) is 10.1 Å². The van der Waals surface area contributed by atoms with Crippen molar-refractivity contribution in [2.75, 3.05) is 0 Å². The molecule has 7 heteroatoms. The number of nitrogens with zero attached hydrogens (tertiary/aromatic N) is 1. The Kier molecular flexibility index (Phi) is 3.86. The number of aromatic carboxylic acids is 1. The van der Waals surface area contributed by atoms with Gasteiger partial charge in [-0.15, -0.1) is 11.8 Å². The summed E-state index contributed by atoms with van der Waals surface area (Å²) in [6, 6.07) is 7.70. The van der Waals surface area contributed by atoms with Crippen molar-refractivity contribution in [1.82, 2.24) is 0 Å². The van der Waals surface area contributed by atoms with Crippen LogP contribution >= 0.6 is 11.8 Å². The molecule has 98 valence electrons. The minimum Gasteiger partial charge on any atom is -0.477 e. The number of furan rings is 1. The van der Waals surface area contributed by atoms with E-state index in [1.807, 2.05) is 0 Å². The van der Waals surface area contributed by atoms with Gasteiger partial charge in [-0.25, -0.2) is 4.79 Å². The Bertz CT molecular complexity index is 609. The van der Waals surface area contributed by atoms with Crippen molar-refractivity contribution in [3.8, 4) is 0 Å². The third kappa shape index (κ3) is 2.94. The lowest BCUT2D eigenvalue weighted by atomic mass is 10.2. The molecule has 0 aliphatic carbocycles. The summed E-state index contributed by atoms with van der Waals surface area (Å²) in [7, 11) is 0. The zero-order valence-electron chi connectivity index (χ0n) is 9.61. The number of carbonyl (C=O) groups is 1. The van der Waals surface area contributed by atoms with Crippen molar-refractivity contribution in [2.45, 2.75) is 10.6 Å². The summed E-state index contributed by atoms with van der Waals surface area (Å²) in [5.74, 6) is -0.246. The molecule has 0 atom stereocenters. The standard InChI is InChI=1S/C12H9NO5S/c14-12(15)9-4-1-5-10(11(9)13(16)17)19-7-8-3-2-6-18-8/h1-6H,7H2,(H,14,15). The number of carboxylic acid groups (broad SMARTS) is 1. The van der Waals surface area contributed by atoms with E-state index in [1.165, 1.54) is 36.2 Å². The van der Waals surface area contributed by atoms with Gasteiger partial charge in [-0.2, -0.15) is 0 Å². The summed E-state index contributed by atoms with van der Waals surface area (Å²) >= 11 is 1.17. The molecule has 0 unspecified atom stereocenters. The SMILES string of the molecule is O=C(O)c1cccc(SCc2ccco2)c1[N+](=O)[O-]. The number of nitro groups is 1. The number of thioether (sulfide) groups is 1. The van der Waals surface area contributed by atoms with Crippen LogP contribution in [0.4, 0.5) is 5.69 Å². The molecule has 0 fully saturated rings. The predicted octanol–water partition coefficient (Wildman–Crippen LogP) is 3.18. The minimum atomic E-state index is -1.31. The van der Waals surface area contributed by atoms with Crippen LogP contribution in [0.15, 0.2) is 45.9 Å². The molecule has 0 spiro atoms. The van der Waals surface area contributed by atoms with Gasteiger partial charge < -0.3 is 9.52 Å². The largest absolute Gasteiger partial charge is 0.477 e. The summed E-state index contributed by atoms with van der Waals surface area (Å²) in [6.45, 7) is 0. The van der Waals surface area contributed by atoms with Gasteiger partial charge in [0.15, 0.2) is 0 Å².